The van der Waals surface area contributed by atoms with Gasteiger partial charge in [-0.3, -0.25) is 4.79 Å². The number of hydrogen-bond acceptors (Lipinski definition) is 3. The molecule has 0 spiro atoms. The molecule has 3 heterocycles. The Balaban J connectivity index is 1.88. The molecule has 1 fully saturated rings. The van der Waals surface area contributed by atoms with Crippen LogP contribution in [0.15, 0.2) is 12.1 Å². The Labute approximate surface area is 111 Å². The van der Waals surface area contributed by atoms with E-state index in [0.29, 0.717) is 19.6 Å². The Bertz CT molecular complexity index is 626. The molecule has 1 aromatic rings. The van der Waals surface area contributed by atoms with E-state index in [0.717, 1.165) is 36.2 Å². The number of anilines is 1. The number of amides is 1. The third-order valence-electron chi connectivity index (χ3n) is 4.47. The Kier molecular flexibility index (Phi) is 2.07. The zero-order valence-electron chi connectivity index (χ0n) is 10.6. The smallest absolute Gasteiger partial charge is 0.231 e. The van der Waals surface area contributed by atoms with Crippen molar-refractivity contribution in [3.63, 3.8) is 0 Å². The fourth-order valence-electron chi connectivity index (χ4n) is 3.36. The molecule has 4 rings (SSSR count). The first kappa shape index (κ1) is 11.0. The lowest BCUT2D eigenvalue weighted by Gasteiger charge is -2.36. The van der Waals surface area contributed by atoms with Crippen LogP contribution in [0.2, 0.25) is 0 Å². The van der Waals surface area contributed by atoms with Crippen molar-refractivity contribution in [1.29, 1.82) is 5.26 Å². The molecule has 0 aromatic heterocycles. The van der Waals surface area contributed by atoms with E-state index in [1.165, 1.54) is 5.56 Å². The van der Waals surface area contributed by atoms with E-state index in [4.69, 9.17) is 4.74 Å². The first-order valence-electron chi connectivity index (χ1n) is 6.69. The van der Waals surface area contributed by atoms with Gasteiger partial charge in [0.15, 0.2) is 0 Å². The van der Waals surface area contributed by atoms with E-state index in [9.17, 15) is 10.1 Å². The molecule has 0 unspecified atom stereocenters. The van der Waals surface area contributed by atoms with E-state index >= 15 is 0 Å². The summed E-state index contributed by atoms with van der Waals surface area (Å²) in [4.78, 5) is 13.9. The second kappa shape index (κ2) is 3.58. The van der Waals surface area contributed by atoms with Gasteiger partial charge in [0.05, 0.1) is 31.4 Å². The molecule has 0 atom stereocenters. The molecular weight excluding hydrogens is 240 g/mol. The number of carbonyl (C=O) groups excluding carboxylic acids is 1. The average molecular weight is 254 g/mol. The molecule has 0 saturated carbocycles. The van der Waals surface area contributed by atoms with Crippen molar-refractivity contribution in [3.8, 4) is 6.07 Å². The molecule has 1 saturated heterocycles. The highest BCUT2D eigenvalue weighted by molar-refractivity contribution is 6.02. The summed E-state index contributed by atoms with van der Waals surface area (Å²) in [5, 5.41) is 9.41. The Morgan fingerprint density at radius 1 is 1.32 bits per heavy atom. The summed E-state index contributed by atoms with van der Waals surface area (Å²) in [5.74, 6) is 0.198. The van der Waals surface area contributed by atoms with Gasteiger partial charge in [0.25, 0.3) is 0 Å². The van der Waals surface area contributed by atoms with Crippen LogP contribution in [0.5, 0.6) is 0 Å². The van der Waals surface area contributed by atoms with Gasteiger partial charge < -0.3 is 9.64 Å². The molecule has 3 aliphatic heterocycles. The summed E-state index contributed by atoms with van der Waals surface area (Å²) < 4.78 is 5.23. The van der Waals surface area contributed by atoms with Crippen LogP contribution in [-0.4, -0.2) is 25.7 Å². The number of nitriles is 1. The zero-order chi connectivity index (χ0) is 13.0. The van der Waals surface area contributed by atoms with Gasteiger partial charge in [-0.25, -0.2) is 0 Å². The van der Waals surface area contributed by atoms with Crippen LogP contribution in [0.25, 0.3) is 0 Å². The van der Waals surface area contributed by atoms with Gasteiger partial charge in [-0.2, -0.15) is 5.26 Å². The number of carbonyl (C=O) groups is 1. The summed E-state index contributed by atoms with van der Waals surface area (Å²) in [6, 6.07) is 6.56. The number of rotatable bonds is 1. The minimum absolute atomic E-state index is 0.198. The van der Waals surface area contributed by atoms with Gasteiger partial charge in [-0.05, 0) is 29.5 Å². The quantitative estimate of drug-likeness (QED) is 0.759. The first-order chi connectivity index (χ1) is 9.23. The van der Waals surface area contributed by atoms with Gasteiger partial charge in [-0.1, -0.05) is 12.1 Å². The lowest BCUT2D eigenvalue weighted by molar-refractivity contribution is -0.117. The number of ether oxygens (including phenoxy) is 1. The topological polar surface area (TPSA) is 53.3 Å². The second-order valence-electron chi connectivity index (χ2n) is 5.66. The molecule has 19 heavy (non-hydrogen) atoms. The maximum absolute atomic E-state index is 12.0. The highest BCUT2D eigenvalue weighted by Gasteiger charge is 2.43. The van der Waals surface area contributed by atoms with E-state index in [1.54, 1.807) is 0 Å². The predicted molar refractivity (Wildman–Crippen MR) is 68.9 cm³/mol. The van der Waals surface area contributed by atoms with Crippen molar-refractivity contribution in [2.24, 2.45) is 0 Å². The molecule has 4 heteroatoms. The minimum Gasteiger partial charge on any atom is -0.377 e. The first-order valence-corrected chi connectivity index (χ1v) is 6.69. The predicted octanol–water partition coefficient (Wildman–Crippen LogP) is 1.31. The van der Waals surface area contributed by atoms with Crippen molar-refractivity contribution in [3.05, 3.63) is 28.8 Å². The number of hydrogen-bond donors (Lipinski definition) is 0. The molecular formula is C15H14N2O2. The summed E-state index contributed by atoms with van der Waals surface area (Å²) in [6.45, 7) is 1.78. The van der Waals surface area contributed by atoms with Crippen molar-refractivity contribution in [2.75, 3.05) is 24.7 Å². The average Bonchev–Trinajstić information content (AvgIpc) is 2.68. The van der Waals surface area contributed by atoms with Crippen LogP contribution in [0.3, 0.4) is 0 Å². The molecule has 1 aromatic carbocycles. The van der Waals surface area contributed by atoms with Gasteiger partial charge >= 0.3 is 0 Å². The third kappa shape index (κ3) is 1.34. The zero-order valence-corrected chi connectivity index (χ0v) is 10.6. The molecule has 3 aliphatic rings. The van der Waals surface area contributed by atoms with Crippen LogP contribution in [0, 0.1) is 11.3 Å². The van der Waals surface area contributed by atoms with Crippen LogP contribution < -0.4 is 4.90 Å². The summed E-state index contributed by atoms with van der Waals surface area (Å²) >= 11 is 0. The van der Waals surface area contributed by atoms with Gasteiger partial charge in [0, 0.05) is 6.54 Å². The molecule has 0 N–H and O–H groups in total. The SMILES string of the molecule is N#CC1(c2cc3c4c(c2)CC(=O)N4CCC3)COC1. The maximum atomic E-state index is 12.0. The lowest BCUT2D eigenvalue weighted by Crippen LogP contribution is -2.45. The van der Waals surface area contributed by atoms with Crippen molar-refractivity contribution in [2.45, 2.75) is 24.7 Å². The number of benzene rings is 1. The molecule has 0 radical (unpaired) electrons. The molecule has 4 nitrogen and oxygen atoms in total. The van der Waals surface area contributed by atoms with E-state index in [2.05, 4.69) is 12.1 Å². The molecule has 1 amide bonds. The van der Waals surface area contributed by atoms with Crippen molar-refractivity contribution >= 4 is 11.6 Å². The maximum Gasteiger partial charge on any atom is 0.231 e. The number of nitrogens with zero attached hydrogens (tertiary/aromatic N) is 2. The lowest BCUT2D eigenvalue weighted by atomic mass is 9.78. The highest BCUT2D eigenvalue weighted by atomic mass is 16.5. The van der Waals surface area contributed by atoms with Crippen LogP contribution in [0.4, 0.5) is 5.69 Å². The fourth-order valence-corrected chi connectivity index (χ4v) is 3.36. The molecule has 96 valence electrons. The van der Waals surface area contributed by atoms with Crippen molar-refractivity contribution < 1.29 is 9.53 Å². The summed E-state index contributed by atoms with van der Waals surface area (Å²) in [6.07, 6.45) is 2.50. The standard InChI is InChI=1S/C15H14N2O2/c16-7-15(8-19-9-15)12-4-10-2-1-3-17-13(18)6-11(5-12)14(10)17/h4-5H,1-3,6,8-9H2. The van der Waals surface area contributed by atoms with E-state index in [-0.39, 0.29) is 5.91 Å². The van der Waals surface area contributed by atoms with Gasteiger partial charge in [0.1, 0.15) is 5.41 Å². The highest BCUT2D eigenvalue weighted by Crippen LogP contribution is 2.41. The van der Waals surface area contributed by atoms with Crippen LogP contribution in [0.1, 0.15) is 23.1 Å². The van der Waals surface area contributed by atoms with Gasteiger partial charge in [0.2, 0.25) is 5.91 Å². The van der Waals surface area contributed by atoms with Crippen LogP contribution in [-0.2, 0) is 27.8 Å². The third-order valence-corrected chi connectivity index (χ3v) is 4.47. The summed E-state index contributed by atoms with van der Waals surface area (Å²) in [5.41, 5.74) is 3.99. The largest absolute Gasteiger partial charge is 0.377 e. The van der Waals surface area contributed by atoms with Crippen LogP contribution >= 0.6 is 0 Å². The van der Waals surface area contributed by atoms with E-state index in [1.807, 2.05) is 11.0 Å². The minimum atomic E-state index is -0.487. The molecule has 0 aliphatic carbocycles. The summed E-state index contributed by atoms with van der Waals surface area (Å²) in [7, 11) is 0. The Hall–Kier alpha value is -1.86. The number of aryl methyl sites for hydroxylation is 1. The van der Waals surface area contributed by atoms with E-state index < -0.39 is 5.41 Å². The monoisotopic (exact) mass is 254 g/mol. The Morgan fingerprint density at radius 3 is 2.79 bits per heavy atom. The molecule has 0 bridgehead atoms. The Morgan fingerprint density at radius 2 is 2.11 bits per heavy atom. The van der Waals surface area contributed by atoms with Gasteiger partial charge in [-0.15, -0.1) is 0 Å². The fraction of sp³-hybridized carbons (Fsp3) is 0.467. The second-order valence-corrected chi connectivity index (χ2v) is 5.66. The van der Waals surface area contributed by atoms with Crippen molar-refractivity contribution in [1.82, 2.24) is 0 Å². The normalized spacial score (nSPS) is 22.7.